The predicted molar refractivity (Wildman–Crippen MR) is 110 cm³/mol. The van der Waals surface area contributed by atoms with Crippen LogP contribution in [0.5, 0.6) is 0 Å². The number of aliphatic hydroxyl groups is 1. The van der Waals surface area contributed by atoms with Gasteiger partial charge in [-0.05, 0) is 43.7 Å². The fourth-order valence-electron chi connectivity index (χ4n) is 2.58. The van der Waals surface area contributed by atoms with Crippen LogP contribution in [0.3, 0.4) is 0 Å². The van der Waals surface area contributed by atoms with Gasteiger partial charge < -0.3 is 14.8 Å². The van der Waals surface area contributed by atoms with Crippen molar-refractivity contribution < 1.29 is 9.52 Å². The quantitative estimate of drug-likeness (QED) is 0.472. The van der Waals surface area contributed by atoms with Gasteiger partial charge in [0.2, 0.25) is 17.5 Å². The minimum absolute atomic E-state index is 0.195. The van der Waals surface area contributed by atoms with Crippen LogP contribution in [0.2, 0.25) is 15.1 Å². The lowest BCUT2D eigenvalue weighted by Crippen LogP contribution is -2.23. The van der Waals surface area contributed by atoms with Gasteiger partial charge in [0.1, 0.15) is 6.04 Å². The first-order valence-electron chi connectivity index (χ1n) is 8.21. The Bertz CT molecular complexity index is 1060. The van der Waals surface area contributed by atoms with E-state index in [2.05, 4.69) is 20.4 Å². The molecule has 2 aromatic carbocycles. The van der Waals surface area contributed by atoms with E-state index in [1.807, 2.05) is 0 Å². The molecule has 9 heteroatoms. The van der Waals surface area contributed by atoms with Crippen LogP contribution in [-0.2, 0) is 0 Å². The van der Waals surface area contributed by atoms with Crippen molar-refractivity contribution >= 4 is 46.2 Å². The van der Waals surface area contributed by atoms with Gasteiger partial charge in [-0.15, -0.1) is 10.2 Å². The molecule has 2 atom stereocenters. The van der Waals surface area contributed by atoms with Gasteiger partial charge in [0, 0.05) is 11.3 Å². The van der Waals surface area contributed by atoms with Crippen molar-refractivity contribution in [2.75, 3.05) is 5.32 Å². The molecule has 3 rings (SSSR count). The number of anilines is 1. The van der Waals surface area contributed by atoms with Gasteiger partial charge in [0.15, 0.2) is 0 Å². The third-order valence-electron chi connectivity index (χ3n) is 4.15. The van der Waals surface area contributed by atoms with Crippen molar-refractivity contribution in [3.05, 3.63) is 68.3 Å². The van der Waals surface area contributed by atoms with Crippen LogP contribution in [0.25, 0.3) is 16.3 Å². The lowest BCUT2D eigenvalue weighted by Gasteiger charge is -2.21. The smallest absolute Gasteiger partial charge is 0.247 e. The van der Waals surface area contributed by atoms with Crippen LogP contribution < -0.4 is 5.32 Å². The molecule has 2 N–H and O–H groups in total. The van der Waals surface area contributed by atoms with Gasteiger partial charge in [-0.1, -0.05) is 40.9 Å². The number of benzene rings is 2. The van der Waals surface area contributed by atoms with Gasteiger partial charge in [-0.25, -0.2) is 4.85 Å². The Morgan fingerprint density at radius 2 is 1.89 bits per heavy atom. The van der Waals surface area contributed by atoms with E-state index in [1.165, 1.54) is 0 Å². The van der Waals surface area contributed by atoms with Gasteiger partial charge >= 0.3 is 0 Å². The first kappa shape index (κ1) is 20.4. The van der Waals surface area contributed by atoms with Gasteiger partial charge in [-0.2, -0.15) is 0 Å². The predicted octanol–water partition coefficient (Wildman–Crippen LogP) is 6.09. The van der Waals surface area contributed by atoms with Crippen molar-refractivity contribution in [3.63, 3.8) is 0 Å². The Balaban J connectivity index is 1.92. The standard InChI is InChI=1S/C19H15Cl3N4O2/c1-9-14(6-7-15(23-3)16(9)22)24-17(10(2)27)19-26-25-18(28-19)11-4-5-12(20)13(21)8-11/h4-8,10,17,24,27H,1-2H3/t10-,17-/m1/s1. The maximum atomic E-state index is 10.2. The highest BCUT2D eigenvalue weighted by Crippen LogP contribution is 2.35. The SMILES string of the molecule is [C-]#[N+]c1ccc(N[C@@H](c2nnc(-c3ccc(Cl)c(Cl)c3)o2)[C@@H](C)O)c(C)c1Cl. The second kappa shape index (κ2) is 8.38. The number of hydrogen-bond donors (Lipinski definition) is 2. The van der Waals surface area contributed by atoms with E-state index in [0.29, 0.717) is 37.6 Å². The minimum atomic E-state index is -0.846. The number of halogens is 3. The summed E-state index contributed by atoms with van der Waals surface area (Å²) in [5.41, 5.74) is 2.30. The Hall–Kier alpha value is -2.30. The van der Waals surface area contributed by atoms with E-state index in [9.17, 15) is 5.11 Å². The maximum absolute atomic E-state index is 10.2. The number of aromatic nitrogens is 2. The molecule has 0 radical (unpaired) electrons. The molecule has 6 nitrogen and oxygen atoms in total. The summed E-state index contributed by atoms with van der Waals surface area (Å²) < 4.78 is 5.75. The van der Waals surface area contributed by atoms with Crippen molar-refractivity contribution in [2.24, 2.45) is 0 Å². The summed E-state index contributed by atoms with van der Waals surface area (Å²) in [4.78, 5) is 3.37. The second-order valence-corrected chi connectivity index (χ2v) is 7.31. The minimum Gasteiger partial charge on any atom is -0.418 e. The van der Waals surface area contributed by atoms with Crippen LogP contribution in [-0.4, -0.2) is 21.4 Å². The number of aliphatic hydroxyl groups excluding tert-OH is 1. The highest BCUT2D eigenvalue weighted by Gasteiger charge is 2.25. The van der Waals surface area contributed by atoms with Crippen LogP contribution in [0.4, 0.5) is 11.4 Å². The molecule has 0 aliphatic heterocycles. The van der Waals surface area contributed by atoms with Crippen LogP contribution >= 0.6 is 34.8 Å². The zero-order valence-corrected chi connectivity index (χ0v) is 17.1. The molecule has 3 aromatic rings. The van der Waals surface area contributed by atoms with E-state index >= 15 is 0 Å². The maximum Gasteiger partial charge on any atom is 0.247 e. The summed E-state index contributed by atoms with van der Waals surface area (Å²) in [5, 5.41) is 22.6. The molecule has 0 aliphatic rings. The molecule has 28 heavy (non-hydrogen) atoms. The highest BCUT2D eigenvalue weighted by atomic mass is 35.5. The lowest BCUT2D eigenvalue weighted by atomic mass is 10.1. The van der Waals surface area contributed by atoms with Gasteiger partial charge in [0.05, 0.1) is 27.7 Å². The molecule has 1 aromatic heterocycles. The highest BCUT2D eigenvalue weighted by molar-refractivity contribution is 6.42. The van der Waals surface area contributed by atoms with Gasteiger partial charge in [0.25, 0.3) is 0 Å². The summed E-state index contributed by atoms with van der Waals surface area (Å²) in [6.45, 7) is 10.5. The van der Waals surface area contributed by atoms with Crippen LogP contribution in [0, 0.1) is 13.5 Å². The molecule has 0 spiro atoms. The number of nitrogens with zero attached hydrogens (tertiary/aromatic N) is 3. The zero-order chi connectivity index (χ0) is 20.4. The fraction of sp³-hybridized carbons (Fsp3) is 0.211. The van der Waals surface area contributed by atoms with E-state index in [4.69, 9.17) is 45.8 Å². The Labute approximate surface area is 176 Å². The summed E-state index contributed by atoms with van der Waals surface area (Å²) in [6.07, 6.45) is -0.846. The van der Waals surface area contributed by atoms with Gasteiger partial charge in [-0.3, -0.25) is 0 Å². The average molecular weight is 438 g/mol. The molecule has 0 aliphatic carbocycles. The van der Waals surface area contributed by atoms with Crippen molar-refractivity contribution in [2.45, 2.75) is 26.0 Å². The summed E-state index contributed by atoms with van der Waals surface area (Å²) >= 11 is 18.2. The molecule has 0 bridgehead atoms. The molecule has 144 valence electrons. The number of rotatable bonds is 5. The van der Waals surface area contributed by atoms with E-state index in [-0.39, 0.29) is 11.8 Å². The third kappa shape index (κ3) is 4.08. The Kier molecular flexibility index (Phi) is 6.11. The third-order valence-corrected chi connectivity index (χ3v) is 5.37. The topological polar surface area (TPSA) is 75.5 Å². The second-order valence-electron chi connectivity index (χ2n) is 6.12. The van der Waals surface area contributed by atoms with Crippen molar-refractivity contribution in [1.29, 1.82) is 0 Å². The fourth-order valence-corrected chi connectivity index (χ4v) is 3.08. The van der Waals surface area contributed by atoms with Crippen molar-refractivity contribution in [3.8, 4) is 11.5 Å². The Morgan fingerprint density at radius 3 is 2.54 bits per heavy atom. The van der Waals surface area contributed by atoms with E-state index < -0.39 is 12.1 Å². The van der Waals surface area contributed by atoms with E-state index in [0.717, 1.165) is 0 Å². The average Bonchev–Trinajstić information content (AvgIpc) is 3.14. The number of hydrogen-bond acceptors (Lipinski definition) is 5. The molecule has 0 amide bonds. The molecular weight excluding hydrogens is 423 g/mol. The molecule has 0 saturated heterocycles. The number of nitrogens with one attached hydrogen (secondary N) is 1. The summed E-state index contributed by atoms with van der Waals surface area (Å²) in [6, 6.07) is 7.62. The molecule has 0 fully saturated rings. The molecule has 1 heterocycles. The largest absolute Gasteiger partial charge is 0.418 e. The monoisotopic (exact) mass is 436 g/mol. The zero-order valence-electron chi connectivity index (χ0n) is 14.9. The van der Waals surface area contributed by atoms with Crippen molar-refractivity contribution in [1.82, 2.24) is 10.2 Å². The summed E-state index contributed by atoms with van der Waals surface area (Å²) in [7, 11) is 0. The Morgan fingerprint density at radius 1 is 1.14 bits per heavy atom. The lowest BCUT2D eigenvalue weighted by molar-refractivity contribution is 0.159. The molecular formula is C19H15Cl3N4O2. The first-order chi connectivity index (χ1) is 13.3. The van der Waals surface area contributed by atoms with E-state index in [1.54, 1.807) is 44.2 Å². The molecule has 0 unspecified atom stereocenters. The first-order valence-corrected chi connectivity index (χ1v) is 9.35. The summed E-state index contributed by atoms with van der Waals surface area (Å²) in [5.74, 6) is 0.444. The van der Waals surface area contributed by atoms with Crippen LogP contribution in [0.1, 0.15) is 24.4 Å². The van der Waals surface area contributed by atoms with Crippen LogP contribution in [0.15, 0.2) is 34.7 Å². The normalized spacial score (nSPS) is 13.0. The molecule has 0 saturated carbocycles.